The number of thioether (sulfide) groups is 1. The predicted octanol–water partition coefficient (Wildman–Crippen LogP) is 1.04. The number of carboxylic acids is 1. The Morgan fingerprint density at radius 2 is 2.33 bits per heavy atom. The first kappa shape index (κ1) is 11.5. The van der Waals surface area contributed by atoms with Gasteiger partial charge >= 0.3 is 11.9 Å². The summed E-state index contributed by atoms with van der Waals surface area (Å²) in [6.45, 7) is 0. The zero-order chi connectivity index (χ0) is 11.3. The topological polar surface area (TPSA) is 76.5 Å². The van der Waals surface area contributed by atoms with Crippen LogP contribution in [0.25, 0.3) is 0 Å². The van der Waals surface area contributed by atoms with E-state index in [1.54, 1.807) is 0 Å². The number of carboxylic acid groups (broad SMARTS) is 1. The van der Waals surface area contributed by atoms with Crippen LogP contribution in [0.5, 0.6) is 0 Å². The fraction of sp³-hybridized carbons (Fsp3) is 0.222. The first-order chi connectivity index (χ1) is 7.13. The lowest BCUT2D eigenvalue weighted by atomic mass is 10.3. The third-order valence-electron chi connectivity index (χ3n) is 1.55. The Morgan fingerprint density at radius 3 is 2.93 bits per heavy atom. The maximum absolute atomic E-state index is 10.8. The maximum Gasteiger partial charge on any atom is 0.335 e. The van der Waals surface area contributed by atoms with Crippen LogP contribution >= 0.6 is 11.8 Å². The molecule has 0 aromatic carbocycles. The highest BCUT2D eigenvalue weighted by atomic mass is 32.2. The number of aromatic carboxylic acids is 1. The molecule has 0 aliphatic rings. The number of methoxy groups -OCH3 is 1. The standard InChI is InChI=1S/C9H9NO4S/c1-14-8(11)5-15-7-4-6(9(12)13)2-3-10-7/h2-4H,5H2,1H3,(H,12,13). The Balaban J connectivity index is 2.66. The Hall–Kier alpha value is -1.56. The molecule has 0 fully saturated rings. The molecule has 1 aromatic heterocycles. The predicted molar refractivity (Wildman–Crippen MR) is 53.9 cm³/mol. The molecule has 0 aliphatic carbocycles. The van der Waals surface area contributed by atoms with Crippen LogP contribution in [-0.4, -0.2) is 34.9 Å². The zero-order valence-corrected chi connectivity index (χ0v) is 8.78. The Kier molecular flexibility index (Phi) is 4.11. The molecule has 0 atom stereocenters. The first-order valence-corrected chi connectivity index (χ1v) is 5.01. The van der Waals surface area contributed by atoms with Crippen molar-refractivity contribution in [1.29, 1.82) is 0 Å². The molecular weight excluding hydrogens is 218 g/mol. The third kappa shape index (κ3) is 3.59. The largest absolute Gasteiger partial charge is 0.478 e. The molecule has 1 heterocycles. The molecule has 0 saturated carbocycles. The third-order valence-corrected chi connectivity index (χ3v) is 2.45. The number of hydrogen-bond acceptors (Lipinski definition) is 5. The SMILES string of the molecule is COC(=O)CSc1cc(C(=O)O)ccn1. The van der Waals surface area contributed by atoms with E-state index in [0.717, 1.165) is 11.8 Å². The van der Waals surface area contributed by atoms with Gasteiger partial charge in [-0.05, 0) is 12.1 Å². The lowest BCUT2D eigenvalue weighted by Crippen LogP contribution is -2.03. The van der Waals surface area contributed by atoms with Gasteiger partial charge in [-0.2, -0.15) is 0 Å². The van der Waals surface area contributed by atoms with E-state index in [2.05, 4.69) is 9.72 Å². The molecule has 0 amide bonds. The van der Waals surface area contributed by atoms with Crippen molar-refractivity contribution in [3.63, 3.8) is 0 Å². The van der Waals surface area contributed by atoms with Crippen molar-refractivity contribution in [2.24, 2.45) is 0 Å². The summed E-state index contributed by atoms with van der Waals surface area (Å²) in [5.74, 6) is -1.27. The van der Waals surface area contributed by atoms with Gasteiger partial charge in [0.25, 0.3) is 0 Å². The molecule has 15 heavy (non-hydrogen) atoms. The zero-order valence-electron chi connectivity index (χ0n) is 7.97. The van der Waals surface area contributed by atoms with Gasteiger partial charge in [-0.1, -0.05) is 11.8 Å². The van der Waals surface area contributed by atoms with Crippen LogP contribution in [0.1, 0.15) is 10.4 Å². The smallest absolute Gasteiger partial charge is 0.335 e. The summed E-state index contributed by atoms with van der Waals surface area (Å²) in [6.07, 6.45) is 1.39. The number of ether oxygens (including phenoxy) is 1. The maximum atomic E-state index is 10.8. The van der Waals surface area contributed by atoms with Gasteiger partial charge in [0.05, 0.1) is 23.5 Å². The average molecular weight is 227 g/mol. The molecule has 6 heteroatoms. The van der Waals surface area contributed by atoms with Crippen molar-refractivity contribution >= 4 is 23.7 Å². The van der Waals surface area contributed by atoms with Gasteiger partial charge in [0, 0.05) is 6.20 Å². The molecule has 0 saturated heterocycles. The number of rotatable bonds is 4. The molecule has 0 aliphatic heterocycles. The summed E-state index contributed by atoms with van der Waals surface area (Å²) in [4.78, 5) is 25.4. The Morgan fingerprint density at radius 1 is 1.60 bits per heavy atom. The minimum Gasteiger partial charge on any atom is -0.478 e. The highest BCUT2D eigenvalue weighted by molar-refractivity contribution is 7.99. The van der Waals surface area contributed by atoms with Gasteiger partial charge in [-0.25, -0.2) is 9.78 Å². The highest BCUT2D eigenvalue weighted by Crippen LogP contribution is 2.16. The minimum absolute atomic E-state index is 0.118. The molecular formula is C9H9NO4S. The summed E-state index contributed by atoms with van der Waals surface area (Å²) in [6, 6.07) is 2.81. The summed E-state index contributed by atoms with van der Waals surface area (Å²) < 4.78 is 4.45. The Bertz CT molecular complexity index is 380. The van der Waals surface area contributed by atoms with Gasteiger partial charge < -0.3 is 9.84 Å². The molecule has 0 spiro atoms. The van der Waals surface area contributed by atoms with Crippen molar-refractivity contribution < 1.29 is 19.4 Å². The van der Waals surface area contributed by atoms with E-state index in [1.165, 1.54) is 25.4 Å². The second-order valence-electron chi connectivity index (χ2n) is 2.55. The molecule has 1 rings (SSSR count). The van der Waals surface area contributed by atoms with E-state index in [-0.39, 0.29) is 17.3 Å². The number of carbonyl (C=O) groups is 2. The molecule has 80 valence electrons. The number of carbonyl (C=O) groups excluding carboxylic acids is 1. The van der Waals surface area contributed by atoms with E-state index < -0.39 is 5.97 Å². The van der Waals surface area contributed by atoms with Crippen LogP contribution in [0.4, 0.5) is 0 Å². The van der Waals surface area contributed by atoms with Crippen molar-refractivity contribution in [3.8, 4) is 0 Å². The summed E-state index contributed by atoms with van der Waals surface area (Å²) in [7, 11) is 1.30. The van der Waals surface area contributed by atoms with Gasteiger partial charge in [-0.3, -0.25) is 4.79 Å². The molecule has 0 radical (unpaired) electrons. The Labute approximate surface area is 90.5 Å². The van der Waals surface area contributed by atoms with E-state index >= 15 is 0 Å². The lowest BCUT2D eigenvalue weighted by Gasteiger charge is -2.00. The number of pyridine rings is 1. The van der Waals surface area contributed by atoms with Gasteiger partial charge in [0.15, 0.2) is 0 Å². The fourth-order valence-electron chi connectivity index (χ4n) is 0.813. The molecule has 1 aromatic rings. The van der Waals surface area contributed by atoms with Crippen LogP contribution in [0.15, 0.2) is 23.4 Å². The van der Waals surface area contributed by atoms with E-state index in [0.29, 0.717) is 5.03 Å². The normalized spacial score (nSPS) is 9.67. The molecule has 1 N–H and O–H groups in total. The fourth-order valence-corrected chi connectivity index (χ4v) is 1.54. The lowest BCUT2D eigenvalue weighted by molar-refractivity contribution is -0.137. The van der Waals surface area contributed by atoms with Crippen LogP contribution in [-0.2, 0) is 9.53 Å². The first-order valence-electron chi connectivity index (χ1n) is 4.02. The molecule has 0 bridgehead atoms. The highest BCUT2D eigenvalue weighted by Gasteiger charge is 2.06. The average Bonchev–Trinajstić information content (AvgIpc) is 2.26. The number of aromatic nitrogens is 1. The number of hydrogen-bond donors (Lipinski definition) is 1. The van der Waals surface area contributed by atoms with Crippen molar-refractivity contribution in [3.05, 3.63) is 23.9 Å². The van der Waals surface area contributed by atoms with Crippen LogP contribution < -0.4 is 0 Å². The monoisotopic (exact) mass is 227 g/mol. The van der Waals surface area contributed by atoms with E-state index in [9.17, 15) is 9.59 Å². The van der Waals surface area contributed by atoms with Gasteiger partial charge in [0.2, 0.25) is 0 Å². The molecule has 5 nitrogen and oxygen atoms in total. The van der Waals surface area contributed by atoms with Gasteiger partial charge in [0.1, 0.15) is 0 Å². The van der Waals surface area contributed by atoms with Crippen LogP contribution in [0.3, 0.4) is 0 Å². The van der Waals surface area contributed by atoms with Crippen molar-refractivity contribution in [2.45, 2.75) is 5.03 Å². The number of esters is 1. The van der Waals surface area contributed by atoms with Crippen LogP contribution in [0, 0.1) is 0 Å². The second kappa shape index (κ2) is 5.35. The van der Waals surface area contributed by atoms with E-state index in [4.69, 9.17) is 5.11 Å². The summed E-state index contributed by atoms with van der Waals surface area (Å²) >= 11 is 1.14. The molecule has 0 unspecified atom stereocenters. The number of nitrogens with zero attached hydrogens (tertiary/aromatic N) is 1. The van der Waals surface area contributed by atoms with E-state index in [1.807, 2.05) is 0 Å². The minimum atomic E-state index is -1.02. The summed E-state index contributed by atoms with van der Waals surface area (Å²) in [5, 5.41) is 9.19. The van der Waals surface area contributed by atoms with Crippen molar-refractivity contribution in [2.75, 3.05) is 12.9 Å². The summed E-state index contributed by atoms with van der Waals surface area (Å²) in [5.41, 5.74) is 0.150. The van der Waals surface area contributed by atoms with Crippen molar-refractivity contribution in [1.82, 2.24) is 4.98 Å². The quantitative estimate of drug-likeness (QED) is 0.612. The second-order valence-corrected chi connectivity index (χ2v) is 3.55. The van der Waals surface area contributed by atoms with Gasteiger partial charge in [-0.15, -0.1) is 0 Å². The van der Waals surface area contributed by atoms with Crippen LogP contribution in [0.2, 0.25) is 0 Å².